The van der Waals surface area contributed by atoms with E-state index in [1.54, 1.807) is 0 Å². The molecule has 0 aliphatic carbocycles. The average molecular weight is 948 g/mol. The lowest BCUT2D eigenvalue weighted by Crippen LogP contribution is -2.19. The SMILES string of the molecule is c1ccc(-c2nc(-c3ccccc3)nc(-c3ccc(N(c4ccc(-c5ccncc5)cc4)c4cc(N5c6ccccc6Sc6ccccc65)cc(N5c6ccccc6Sc6ccccc65)c4)cc3)n2)cc1. The molecule has 336 valence electrons. The molecule has 13 rings (SSSR count). The number of rotatable bonds is 9. The van der Waals surface area contributed by atoms with Gasteiger partial charge in [0, 0.05) is 60.0 Å². The molecule has 11 aromatic rings. The van der Waals surface area contributed by atoms with Crippen molar-refractivity contribution in [3.8, 4) is 45.3 Å². The van der Waals surface area contributed by atoms with Crippen LogP contribution >= 0.6 is 23.5 Å². The van der Waals surface area contributed by atoms with Crippen molar-refractivity contribution in [3.05, 3.63) is 249 Å². The number of anilines is 9. The topological polar surface area (TPSA) is 61.3 Å². The molecule has 4 heterocycles. The maximum Gasteiger partial charge on any atom is 0.164 e. The third kappa shape index (κ3) is 8.07. The minimum atomic E-state index is 0.599. The van der Waals surface area contributed by atoms with Crippen LogP contribution in [0.2, 0.25) is 0 Å². The van der Waals surface area contributed by atoms with E-state index in [1.807, 2.05) is 109 Å². The van der Waals surface area contributed by atoms with Crippen LogP contribution in [0.4, 0.5) is 51.2 Å². The van der Waals surface area contributed by atoms with E-state index in [-0.39, 0.29) is 0 Å². The highest BCUT2D eigenvalue weighted by atomic mass is 32.2. The highest BCUT2D eigenvalue weighted by molar-refractivity contribution is 8.00. The van der Waals surface area contributed by atoms with Gasteiger partial charge in [-0.15, -0.1) is 0 Å². The minimum Gasteiger partial charge on any atom is -0.310 e. The Morgan fingerprint density at radius 3 is 1.04 bits per heavy atom. The van der Waals surface area contributed by atoms with Gasteiger partial charge in [0.2, 0.25) is 0 Å². The summed E-state index contributed by atoms with van der Waals surface area (Å²) in [4.78, 5) is 31.4. The molecular weight excluding hydrogens is 907 g/mol. The fourth-order valence-electron chi connectivity index (χ4n) is 9.42. The summed E-state index contributed by atoms with van der Waals surface area (Å²) in [6, 6.07) is 83.6. The Morgan fingerprint density at radius 2 is 0.634 bits per heavy atom. The molecule has 0 saturated carbocycles. The third-order valence-electron chi connectivity index (χ3n) is 12.7. The van der Waals surface area contributed by atoms with E-state index in [9.17, 15) is 0 Å². The molecule has 0 bridgehead atoms. The number of hydrogen-bond donors (Lipinski definition) is 0. The maximum absolute atomic E-state index is 5.07. The number of nitrogens with zero attached hydrogens (tertiary/aromatic N) is 7. The van der Waals surface area contributed by atoms with Crippen molar-refractivity contribution < 1.29 is 0 Å². The van der Waals surface area contributed by atoms with Crippen LogP contribution in [0.1, 0.15) is 0 Å². The molecule has 0 fully saturated rings. The Labute approximate surface area is 420 Å². The normalized spacial score (nSPS) is 12.3. The Balaban J connectivity index is 1.02. The lowest BCUT2D eigenvalue weighted by molar-refractivity contribution is 1.07. The first-order valence-electron chi connectivity index (χ1n) is 23.4. The first-order chi connectivity index (χ1) is 35.2. The summed E-state index contributed by atoms with van der Waals surface area (Å²) in [7, 11) is 0. The lowest BCUT2D eigenvalue weighted by atomic mass is 10.0. The van der Waals surface area contributed by atoms with Gasteiger partial charge in [-0.1, -0.05) is 145 Å². The van der Waals surface area contributed by atoms with Gasteiger partial charge in [0.15, 0.2) is 17.5 Å². The van der Waals surface area contributed by atoms with E-state index in [0.29, 0.717) is 17.5 Å². The highest BCUT2D eigenvalue weighted by Crippen LogP contribution is 2.56. The van der Waals surface area contributed by atoms with Crippen LogP contribution in [0, 0.1) is 0 Å². The first-order valence-corrected chi connectivity index (χ1v) is 25.1. The average Bonchev–Trinajstić information content (AvgIpc) is 3.44. The molecule has 7 nitrogen and oxygen atoms in total. The monoisotopic (exact) mass is 947 g/mol. The molecule has 0 amide bonds. The summed E-state index contributed by atoms with van der Waals surface area (Å²) >= 11 is 3.63. The molecule has 0 saturated heterocycles. The molecule has 0 spiro atoms. The van der Waals surface area contributed by atoms with Crippen LogP contribution in [-0.4, -0.2) is 19.9 Å². The number of para-hydroxylation sites is 4. The lowest BCUT2D eigenvalue weighted by Gasteiger charge is -2.37. The fraction of sp³-hybridized carbons (Fsp3) is 0. The number of aromatic nitrogens is 4. The van der Waals surface area contributed by atoms with Gasteiger partial charge in [0.05, 0.1) is 39.8 Å². The Morgan fingerprint density at radius 1 is 0.296 bits per heavy atom. The summed E-state index contributed by atoms with van der Waals surface area (Å²) in [6.45, 7) is 0. The van der Waals surface area contributed by atoms with Gasteiger partial charge in [-0.2, -0.15) is 0 Å². The van der Waals surface area contributed by atoms with Crippen LogP contribution in [0.15, 0.2) is 269 Å². The Bertz CT molecular complexity index is 3460. The van der Waals surface area contributed by atoms with E-state index < -0.39 is 0 Å². The molecule has 2 aliphatic heterocycles. The fourth-order valence-corrected chi connectivity index (χ4v) is 11.5. The summed E-state index contributed by atoms with van der Waals surface area (Å²) in [5.74, 6) is 1.84. The van der Waals surface area contributed by atoms with Crippen LogP contribution < -0.4 is 14.7 Å². The van der Waals surface area contributed by atoms with Gasteiger partial charge >= 0.3 is 0 Å². The number of pyridine rings is 1. The van der Waals surface area contributed by atoms with E-state index in [0.717, 1.165) is 79.0 Å². The highest BCUT2D eigenvalue weighted by Gasteiger charge is 2.30. The Kier molecular flexibility index (Phi) is 10.9. The van der Waals surface area contributed by atoms with Gasteiger partial charge < -0.3 is 14.7 Å². The summed E-state index contributed by atoms with van der Waals surface area (Å²) < 4.78 is 0. The molecule has 2 aromatic heterocycles. The predicted molar refractivity (Wildman–Crippen MR) is 292 cm³/mol. The smallest absolute Gasteiger partial charge is 0.164 e. The molecule has 0 radical (unpaired) electrons. The van der Waals surface area contributed by atoms with Crippen molar-refractivity contribution in [2.24, 2.45) is 0 Å². The van der Waals surface area contributed by atoms with E-state index in [2.05, 4.69) is 183 Å². The zero-order chi connectivity index (χ0) is 47.1. The molecular formula is C62H41N7S2. The van der Waals surface area contributed by atoms with Crippen LogP contribution in [-0.2, 0) is 0 Å². The molecule has 9 heteroatoms. The molecule has 0 unspecified atom stereocenters. The minimum absolute atomic E-state index is 0.599. The van der Waals surface area contributed by atoms with Crippen LogP contribution in [0.3, 0.4) is 0 Å². The molecule has 2 aliphatic rings. The molecule has 71 heavy (non-hydrogen) atoms. The zero-order valence-electron chi connectivity index (χ0n) is 38.1. The van der Waals surface area contributed by atoms with Crippen LogP contribution in [0.5, 0.6) is 0 Å². The maximum atomic E-state index is 5.07. The summed E-state index contributed by atoms with van der Waals surface area (Å²) in [5, 5.41) is 0. The zero-order valence-corrected chi connectivity index (χ0v) is 39.8. The number of hydrogen-bond acceptors (Lipinski definition) is 9. The van der Waals surface area contributed by atoms with Gasteiger partial charge in [0.25, 0.3) is 0 Å². The van der Waals surface area contributed by atoms with E-state index >= 15 is 0 Å². The van der Waals surface area contributed by atoms with E-state index in [4.69, 9.17) is 15.0 Å². The van der Waals surface area contributed by atoms with Crippen LogP contribution in [0.25, 0.3) is 45.3 Å². The van der Waals surface area contributed by atoms with E-state index in [1.165, 1.54) is 19.6 Å². The van der Waals surface area contributed by atoms with Crippen molar-refractivity contribution in [2.45, 2.75) is 19.6 Å². The van der Waals surface area contributed by atoms with Gasteiger partial charge in [-0.3, -0.25) is 4.98 Å². The van der Waals surface area contributed by atoms with Gasteiger partial charge in [-0.05, 0) is 126 Å². The largest absolute Gasteiger partial charge is 0.310 e. The third-order valence-corrected chi connectivity index (χ3v) is 15.0. The second-order valence-corrected chi connectivity index (χ2v) is 19.3. The van der Waals surface area contributed by atoms with Crippen molar-refractivity contribution in [3.63, 3.8) is 0 Å². The van der Waals surface area contributed by atoms with Gasteiger partial charge in [-0.25, -0.2) is 15.0 Å². The standard InChI is InChI=1S/C62H41N7S2/c1-3-15-44(16-4-1)60-64-61(45-17-5-2-6-18-45)66-62(65-60)46-29-33-48(34-30-46)67(47-31-27-42(28-32-47)43-35-37-63-38-36-43)49-39-50(68-52-19-7-11-23-56(52)70-57-24-12-8-20-53(57)68)41-51(40-49)69-54-21-9-13-25-58(54)71-59-26-14-10-22-55(59)69/h1-41H. The second-order valence-electron chi connectivity index (χ2n) is 17.2. The van der Waals surface area contributed by atoms with Crippen molar-refractivity contribution >= 4 is 74.7 Å². The summed E-state index contributed by atoms with van der Waals surface area (Å²) in [5.41, 5.74) is 14.5. The number of fused-ring (bicyclic) bond motifs is 4. The first kappa shape index (κ1) is 42.4. The van der Waals surface area contributed by atoms with Crippen molar-refractivity contribution in [1.29, 1.82) is 0 Å². The molecule has 0 atom stereocenters. The Hall–Kier alpha value is -8.76. The van der Waals surface area contributed by atoms with Crippen molar-refractivity contribution in [2.75, 3.05) is 14.7 Å². The molecule has 9 aromatic carbocycles. The molecule has 0 N–H and O–H groups in total. The predicted octanol–water partition coefficient (Wildman–Crippen LogP) is 17.3. The summed E-state index contributed by atoms with van der Waals surface area (Å²) in [6.07, 6.45) is 3.68. The number of benzene rings is 9. The van der Waals surface area contributed by atoms with Gasteiger partial charge in [0.1, 0.15) is 0 Å². The van der Waals surface area contributed by atoms with Crippen molar-refractivity contribution in [1.82, 2.24) is 19.9 Å². The second kappa shape index (κ2) is 18.3. The quantitative estimate of drug-likeness (QED) is 0.141.